The summed E-state index contributed by atoms with van der Waals surface area (Å²) in [4.78, 5) is 0. The fraction of sp³-hybridized carbons (Fsp3) is 0.538. The predicted molar refractivity (Wildman–Crippen MR) is 71.3 cm³/mol. The first-order valence-corrected chi connectivity index (χ1v) is 6.81. The lowest BCUT2D eigenvalue weighted by molar-refractivity contribution is 0.419. The van der Waals surface area contributed by atoms with Gasteiger partial charge in [0.25, 0.3) is 0 Å². The van der Waals surface area contributed by atoms with Crippen LogP contribution in [0.3, 0.4) is 0 Å². The monoisotopic (exact) mass is 236 g/mol. The molecule has 1 aromatic carbocycles. The van der Waals surface area contributed by atoms with E-state index in [9.17, 15) is 0 Å². The summed E-state index contributed by atoms with van der Waals surface area (Å²) < 4.78 is 0.237. The number of hydrogen-bond acceptors (Lipinski definition) is 3. The largest absolute Gasteiger partial charge is 0.271 e. The molecule has 0 radical (unpaired) electrons. The highest BCUT2D eigenvalue weighted by atomic mass is 32.2. The first kappa shape index (κ1) is 12.0. The summed E-state index contributed by atoms with van der Waals surface area (Å²) in [5.74, 6) is 7.03. The van der Waals surface area contributed by atoms with Crippen molar-refractivity contribution in [1.29, 1.82) is 0 Å². The van der Waals surface area contributed by atoms with Crippen molar-refractivity contribution in [2.45, 2.75) is 37.5 Å². The van der Waals surface area contributed by atoms with Gasteiger partial charge >= 0.3 is 0 Å². The van der Waals surface area contributed by atoms with E-state index in [0.29, 0.717) is 0 Å². The molecule has 2 rings (SSSR count). The van der Waals surface area contributed by atoms with Crippen LogP contribution in [0.5, 0.6) is 0 Å². The van der Waals surface area contributed by atoms with Crippen LogP contribution in [-0.4, -0.2) is 10.5 Å². The first-order chi connectivity index (χ1) is 7.67. The molecule has 16 heavy (non-hydrogen) atoms. The van der Waals surface area contributed by atoms with E-state index in [1.807, 2.05) is 11.8 Å². The molecule has 1 aromatic rings. The maximum atomic E-state index is 5.78. The van der Waals surface area contributed by atoms with Crippen LogP contribution >= 0.6 is 11.8 Å². The van der Waals surface area contributed by atoms with Gasteiger partial charge in [-0.1, -0.05) is 24.3 Å². The van der Waals surface area contributed by atoms with Gasteiger partial charge in [-0.2, -0.15) is 11.8 Å². The molecule has 1 aliphatic heterocycles. The number of hydrogen-bond donors (Lipinski definition) is 2. The minimum atomic E-state index is 0.237. The SMILES string of the molecule is Cc1ccccc1C(NN)C1(C)CCCS1. The molecule has 3 heteroatoms. The fourth-order valence-electron chi connectivity index (χ4n) is 2.53. The summed E-state index contributed by atoms with van der Waals surface area (Å²) in [6.45, 7) is 4.48. The molecule has 0 saturated carbocycles. The Morgan fingerprint density at radius 2 is 2.19 bits per heavy atom. The molecule has 0 bridgehead atoms. The van der Waals surface area contributed by atoms with Crippen LogP contribution in [-0.2, 0) is 0 Å². The topological polar surface area (TPSA) is 38.0 Å². The van der Waals surface area contributed by atoms with E-state index in [1.165, 1.54) is 29.7 Å². The molecule has 1 fully saturated rings. The van der Waals surface area contributed by atoms with Gasteiger partial charge in [0.15, 0.2) is 0 Å². The molecule has 2 unspecified atom stereocenters. The summed E-state index contributed by atoms with van der Waals surface area (Å²) >= 11 is 2.04. The molecule has 0 spiro atoms. The molecule has 2 nitrogen and oxygen atoms in total. The highest BCUT2D eigenvalue weighted by Gasteiger charge is 2.38. The van der Waals surface area contributed by atoms with Crippen molar-refractivity contribution in [2.24, 2.45) is 5.84 Å². The number of hydrazine groups is 1. The van der Waals surface area contributed by atoms with Gasteiger partial charge in [-0.15, -0.1) is 0 Å². The van der Waals surface area contributed by atoms with Gasteiger partial charge in [-0.05, 0) is 43.6 Å². The third kappa shape index (κ3) is 2.12. The molecule has 88 valence electrons. The second-order valence-electron chi connectivity index (χ2n) is 4.72. The van der Waals surface area contributed by atoms with Crippen LogP contribution in [0.1, 0.15) is 36.9 Å². The third-order valence-corrected chi connectivity index (χ3v) is 5.12. The van der Waals surface area contributed by atoms with Gasteiger partial charge < -0.3 is 0 Å². The predicted octanol–water partition coefficient (Wildman–Crippen LogP) is 2.79. The fourth-order valence-corrected chi connectivity index (χ4v) is 3.94. The average molecular weight is 236 g/mol. The van der Waals surface area contributed by atoms with Crippen LogP contribution < -0.4 is 11.3 Å². The molecular weight excluding hydrogens is 216 g/mol. The molecule has 0 aliphatic carbocycles. The lowest BCUT2D eigenvalue weighted by atomic mass is 9.88. The minimum absolute atomic E-state index is 0.237. The van der Waals surface area contributed by atoms with Gasteiger partial charge in [0.2, 0.25) is 0 Å². The second kappa shape index (κ2) is 4.78. The zero-order valence-corrected chi connectivity index (χ0v) is 10.8. The van der Waals surface area contributed by atoms with E-state index >= 15 is 0 Å². The lowest BCUT2D eigenvalue weighted by Gasteiger charge is -2.34. The number of thioether (sulfide) groups is 1. The maximum Gasteiger partial charge on any atom is 0.0606 e. The summed E-state index contributed by atoms with van der Waals surface area (Å²) in [7, 11) is 0. The van der Waals surface area contributed by atoms with Gasteiger partial charge in [-0.25, -0.2) is 0 Å². The highest BCUT2D eigenvalue weighted by molar-refractivity contribution is 8.00. The lowest BCUT2D eigenvalue weighted by Crippen LogP contribution is -2.41. The summed E-state index contributed by atoms with van der Waals surface area (Å²) in [6, 6.07) is 8.76. The Balaban J connectivity index is 2.32. The van der Waals surface area contributed by atoms with Gasteiger partial charge in [0.1, 0.15) is 0 Å². The van der Waals surface area contributed by atoms with Crippen LogP contribution in [0.15, 0.2) is 24.3 Å². The highest BCUT2D eigenvalue weighted by Crippen LogP contribution is 2.46. The van der Waals surface area contributed by atoms with Gasteiger partial charge in [0.05, 0.1) is 6.04 Å². The number of benzene rings is 1. The molecular formula is C13H20N2S. The van der Waals surface area contributed by atoms with Gasteiger partial charge in [0, 0.05) is 4.75 Å². The normalized spacial score (nSPS) is 26.9. The smallest absolute Gasteiger partial charge is 0.0606 e. The molecule has 2 atom stereocenters. The number of aryl methyl sites for hydroxylation is 1. The molecule has 1 aliphatic rings. The second-order valence-corrected chi connectivity index (χ2v) is 6.35. The summed E-state index contributed by atoms with van der Waals surface area (Å²) in [5, 5.41) is 0. The number of rotatable bonds is 3. The van der Waals surface area contributed by atoms with Crippen molar-refractivity contribution in [1.82, 2.24) is 5.43 Å². The van der Waals surface area contributed by atoms with Crippen LogP contribution in [0.2, 0.25) is 0 Å². The number of nitrogens with two attached hydrogens (primary N) is 1. The van der Waals surface area contributed by atoms with Crippen LogP contribution in [0.4, 0.5) is 0 Å². The Bertz CT molecular complexity index is 359. The van der Waals surface area contributed by atoms with E-state index in [0.717, 1.165) is 0 Å². The molecule has 1 saturated heterocycles. The van der Waals surface area contributed by atoms with E-state index < -0.39 is 0 Å². The summed E-state index contributed by atoms with van der Waals surface area (Å²) in [6.07, 6.45) is 2.53. The van der Waals surface area contributed by atoms with Crippen molar-refractivity contribution < 1.29 is 0 Å². The van der Waals surface area contributed by atoms with Crippen LogP contribution in [0.25, 0.3) is 0 Å². The summed E-state index contributed by atoms with van der Waals surface area (Å²) in [5.41, 5.74) is 5.67. The Kier molecular flexibility index (Phi) is 3.57. The first-order valence-electron chi connectivity index (χ1n) is 5.83. The Hall–Kier alpha value is -0.510. The van der Waals surface area contributed by atoms with E-state index in [1.54, 1.807) is 0 Å². The average Bonchev–Trinajstić information content (AvgIpc) is 2.70. The van der Waals surface area contributed by atoms with E-state index in [-0.39, 0.29) is 10.8 Å². The Morgan fingerprint density at radius 1 is 1.44 bits per heavy atom. The van der Waals surface area contributed by atoms with Crippen molar-refractivity contribution >= 4 is 11.8 Å². The number of nitrogens with one attached hydrogen (secondary N) is 1. The van der Waals surface area contributed by atoms with Crippen molar-refractivity contribution in [3.8, 4) is 0 Å². The van der Waals surface area contributed by atoms with E-state index in [4.69, 9.17) is 5.84 Å². The zero-order valence-electron chi connectivity index (χ0n) is 9.99. The third-order valence-electron chi connectivity index (χ3n) is 3.53. The Morgan fingerprint density at radius 3 is 2.75 bits per heavy atom. The quantitative estimate of drug-likeness (QED) is 0.626. The van der Waals surface area contributed by atoms with Gasteiger partial charge in [-0.3, -0.25) is 11.3 Å². The minimum Gasteiger partial charge on any atom is -0.271 e. The van der Waals surface area contributed by atoms with Crippen LogP contribution in [0, 0.1) is 6.92 Å². The molecule has 0 amide bonds. The maximum absolute atomic E-state index is 5.78. The van der Waals surface area contributed by atoms with E-state index in [2.05, 4.69) is 43.5 Å². The standard InChI is InChI=1S/C13H20N2S/c1-10-6-3-4-7-11(10)12(15-14)13(2)8-5-9-16-13/h3-4,6-7,12,15H,5,8-9,14H2,1-2H3. The molecule has 1 heterocycles. The Labute approximate surface area is 102 Å². The van der Waals surface area contributed by atoms with Crippen molar-refractivity contribution in [3.63, 3.8) is 0 Å². The van der Waals surface area contributed by atoms with Crippen molar-refractivity contribution in [2.75, 3.05) is 5.75 Å². The zero-order chi connectivity index (χ0) is 11.6. The van der Waals surface area contributed by atoms with Crippen molar-refractivity contribution in [3.05, 3.63) is 35.4 Å². The molecule has 3 N–H and O–H groups in total. The molecule has 0 aromatic heterocycles.